The van der Waals surface area contributed by atoms with Crippen molar-refractivity contribution in [1.29, 1.82) is 0 Å². The number of nitrogens with zero attached hydrogens (tertiary/aromatic N) is 4. The van der Waals surface area contributed by atoms with Crippen LogP contribution in [0.25, 0.3) is 6.08 Å². The summed E-state index contributed by atoms with van der Waals surface area (Å²) in [5, 5.41) is 7.42. The lowest BCUT2D eigenvalue weighted by molar-refractivity contribution is 0.0702. The Morgan fingerprint density at radius 1 is 1.22 bits per heavy atom. The first-order chi connectivity index (χ1) is 13.0. The van der Waals surface area contributed by atoms with Crippen LogP contribution in [0, 0.1) is 5.92 Å². The zero-order chi connectivity index (χ0) is 19.1. The number of fused-ring (bicyclic) bond motifs is 2. The Labute approximate surface area is 157 Å². The van der Waals surface area contributed by atoms with Crippen molar-refractivity contribution < 1.29 is 9.53 Å². The monoisotopic (exact) mass is 363 g/mol. The van der Waals surface area contributed by atoms with Crippen LogP contribution >= 0.6 is 0 Å². The largest absolute Gasteiger partial charge is 0.497 e. The highest BCUT2D eigenvalue weighted by Crippen LogP contribution is 2.26. The molecule has 138 valence electrons. The summed E-state index contributed by atoms with van der Waals surface area (Å²) >= 11 is 0. The van der Waals surface area contributed by atoms with Crippen LogP contribution in [-0.2, 0) is 0 Å². The molecule has 27 heavy (non-hydrogen) atoms. The molecule has 2 N–H and O–H groups in total. The molecule has 2 atom stereocenters. The Morgan fingerprint density at radius 2 is 2.04 bits per heavy atom. The highest BCUT2D eigenvalue weighted by Gasteiger charge is 2.39. The van der Waals surface area contributed by atoms with Crippen molar-refractivity contribution in [2.24, 2.45) is 21.7 Å². The summed E-state index contributed by atoms with van der Waals surface area (Å²) in [4.78, 5) is 19.8. The molecule has 0 aromatic heterocycles. The van der Waals surface area contributed by atoms with Gasteiger partial charge in [-0.25, -0.2) is 5.01 Å². The van der Waals surface area contributed by atoms with Gasteiger partial charge >= 0.3 is 0 Å². The van der Waals surface area contributed by atoms with Crippen molar-refractivity contribution in [1.82, 2.24) is 5.01 Å². The van der Waals surface area contributed by atoms with Crippen molar-refractivity contribution in [3.63, 3.8) is 0 Å². The Kier molecular flexibility index (Phi) is 4.07. The second-order valence-electron chi connectivity index (χ2n) is 6.78. The third kappa shape index (κ3) is 2.91. The SMILES string of the molecule is COc1ccc2c(c1)=NC1C(C=2)C(N)=NN1C(=O)c1cccc(N(C)C)c1. The minimum Gasteiger partial charge on any atom is -0.497 e. The van der Waals surface area contributed by atoms with E-state index in [0.717, 1.165) is 16.3 Å². The van der Waals surface area contributed by atoms with E-state index in [1.54, 1.807) is 13.2 Å². The summed E-state index contributed by atoms with van der Waals surface area (Å²) in [6.07, 6.45) is 1.52. The molecule has 4 rings (SSSR count). The third-order valence-electron chi connectivity index (χ3n) is 4.82. The number of anilines is 1. The van der Waals surface area contributed by atoms with Crippen LogP contribution in [0.4, 0.5) is 5.69 Å². The van der Waals surface area contributed by atoms with Gasteiger partial charge < -0.3 is 15.4 Å². The predicted octanol–water partition coefficient (Wildman–Crippen LogP) is 0.545. The van der Waals surface area contributed by atoms with Crippen LogP contribution in [-0.4, -0.2) is 44.1 Å². The highest BCUT2D eigenvalue weighted by atomic mass is 16.5. The van der Waals surface area contributed by atoms with Crippen molar-refractivity contribution in [3.05, 3.63) is 58.6 Å². The first-order valence-corrected chi connectivity index (χ1v) is 8.66. The van der Waals surface area contributed by atoms with Gasteiger partial charge in [-0.15, -0.1) is 0 Å². The number of amides is 1. The molecule has 0 saturated heterocycles. The van der Waals surface area contributed by atoms with E-state index in [4.69, 9.17) is 15.5 Å². The number of hydrazone groups is 1. The molecule has 2 aliphatic heterocycles. The van der Waals surface area contributed by atoms with E-state index < -0.39 is 6.17 Å². The number of benzene rings is 2. The normalized spacial score (nSPS) is 20.0. The molecule has 2 aliphatic rings. The smallest absolute Gasteiger partial charge is 0.276 e. The van der Waals surface area contributed by atoms with Crippen LogP contribution in [0.5, 0.6) is 5.75 Å². The molecule has 1 amide bonds. The second kappa shape index (κ2) is 6.42. The lowest BCUT2D eigenvalue weighted by atomic mass is 10.0. The average molecular weight is 363 g/mol. The molecular formula is C20H21N5O2. The number of ether oxygens (including phenoxy) is 1. The number of methoxy groups -OCH3 is 1. The second-order valence-corrected chi connectivity index (χ2v) is 6.78. The zero-order valence-electron chi connectivity index (χ0n) is 15.5. The minimum atomic E-state index is -0.486. The van der Waals surface area contributed by atoms with Crippen LogP contribution in [0.15, 0.2) is 52.6 Å². The standard InChI is InChI=1S/C20H21N5O2/c1-24(2)14-6-4-5-13(9-14)20(26)25-19-16(18(21)23-25)10-12-7-8-15(27-3)11-17(12)22-19/h4-11,16,19H,1-3H3,(H2,21,23). The van der Waals surface area contributed by atoms with Gasteiger partial charge in [-0.3, -0.25) is 9.79 Å². The highest BCUT2D eigenvalue weighted by molar-refractivity contribution is 5.99. The van der Waals surface area contributed by atoms with E-state index in [-0.39, 0.29) is 11.8 Å². The van der Waals surface area contributed by atoms with E-state index in [1.807, 2.05) is 61.5 Å². The molecule has 0 bridgehead atoms. The molecule has 2 aromatic carbocycles. The summed E-state index contributed by atoms with van der Waals surface area (Å²) in [6, 6.07) is 13.1. The molecule has 0 radical (unpaired) electrons. The Hall–Kier alpha value is -3.35. The summed E-state index contributed by atoms with van der Waals surface area (Å²) in [6.45, 7) is 0. The first kappa shape index (κ1) is 17.1. The lowest BCUT2D eigenvalue weighted by Crippen LogP contribution is -2.44. The Morgan fingerprint density at radius 3 is 2.78 bits per heavy atom. The van der Waals surface area contributed by atoms with E-state index in [2.05, 4.69) is 5.10 Å². The quantitative estimate of drug-likeness (QED) is 0.863. The van der Waals surface area contributed by atoms with E-state index >= 15 is 0 Å². The number of carbonyl (C=O) groups is 1. The molecule has 0 saturated carbocycles. The van der Waals surface area contributed by atoms with Crippen LogP contribution in [0.2, 0.25) is 0 Å². The van der Waals surface area contributed by atoms with Gasteiger partial charge in [0.05, 0.1) is 18.4 Å². The fourth-order valence-corrected chi connectivity index (χ4v) is 3.32. The average Bonchev–Trinajstić information content (AvgIpc) is 3.01. The molecule has 0 spiro atoms. The summed E-state index contributed by atoms with van der Waals surface area (Å²) < 4.78 is 5.28. The van der Waals surface area contributed by atoms with Crippen molar-refractivity contribution in [3.8, 4) is 5.75 Å². The van der Waals surface area contributed by atoms with E-state index in [1.165, 1.54) is 5.01 Å². The molecule has 2 unspecified atom stereocenters. The van der Waals surface area contributed by atoms with Gasteiger partial charge in [0.25, 0.3) is 5.91 Å². The van der Waals surface area contributed by atoms with Crippen molar-refractivity contribution in [2.45, 2.75) is 6.17 Å². The minimum absolute atomic E-state index is 0.224. The van der Waals surface area contributed by atoms with Crippen LogP contribution in [0.1, 0.15) is 10.4 Å². The molecule has 7 nitrogen and oxygen atoms in total. The van der Waals surface area contributed by atoms with E-state index in [9.17, 15) is 4.79 Å². The van der Waals surface area contributed by atoms with Crippen molar-refractivity contribution in [2.75, 3.05) is 26.1 Å². The zero-order valence-corrected chi connectivity index (χ0v) is 15.5. The maximum atomic E-state index is 13.1. The number of rotatable bonds is 3. The van der Waals surface area contributed by atoms with Crippen molar-refractivity contribution >= 4 is 23.5 Å². The molecule has 2 aromatic rings. The number of amidine groups is 1. The number of hydrogen-bond donors (Lipinski definition) is 1. The fourth-order valence-electron chi connectivity index (χ4n) is 3.32. The van der Waals surface area contributed by atoms with Gasteiger partial charge in [-0.05, 0) is 35.6 Å². The summed E-state index contributed by atoms with van der Waals surface area (Å²) in [5.74, 6) is 0.652. The van der Waals surface area contributed by atoms with Crippen LogP contribution in [0.3, 0.4) is 0 Å². The Balaban J connectivity index is 1.73. The molecule has 7 heteroatoms. The van der Waals surface area contributed by atoms with Gasteiger partial charge in [-0.1, -0.05) is 12.1 Å². The number of hydrogen-bond acceptors (Lipinski definition) is 6. The first-order valence-electron chi connectivity index (χ1n) is 8.66. The maximum Gasteiger partial charge on any atom is 0.276 e. The number of nitrogens with two attached hydrogens (primary N) is 1. The van der Waals surface area contributed by atoms with Gasteiger partial charge in [0.2, 0.25) is 0 Å². The fraction of sp³-hybridized carbons (Fsp3) is 0.250. The molecule has 2 heterocycles. The van der Waals surface area contributed by atoms with Gasteiger partial charge in [0.15, 0.2) is 6.17 Å². The van der Waals surface area contributed by atoms with E-state index in [0.29, 0.717) is 17.1 Å². The van der Waals surface area contributed by atoms with Gasteiger partial charge in [0.1, 0.15) is 11.6 Å². The number of carbonyl (C=O) groups excluding carboxylic acids is 1. The summed E-state index contributed by atoms with van der Waals surface area (Å²) in [7, 11) is 5.48. The Bertz CT molecular complexity index is 1060. The molecule has 0 fully saturated rings. The third-order valence-corrected chi connectivity index (χ3v) is 4.82. The van der Waals surface area contributed by atoms with Crippen LogP contribution < -0.4 is 25.9 Å². The molecule has 0 aliphatic carbocycles. The topological polar surface area (TPSA) is 83.5 Å². The molecular weight excluding hydrogens is 342 g/mol. The predicted molar refractivity (Wildman–Crippen MR) is 104 cm³/mol. The summed E-state index contributed by atoms with van der Waals surface area (Å²) in [5.41, 5.74) is 7.61. The lowest BCUT2D eigenvalue weighted by Gasteiger charge is -2.23. The maximum absolute atomic E-state index is 13.1. The van der Waals surface area contributed by atoms with Gasteiger partial charge in [0, 0.05) is 31.4 Å². The van der Waals surface area contributed by atoms with Gasteiger partial charge in [-0.2, -0.15) is 5.10 Å².